The third-order valence-corrected chi connectivity index (χ3v) is 3.77. The predicted octanol–water partition coefficient (Wildman–Crippen LogP) is 2.86. The molecule has 1 amide bonds. The Kier molecular flexibility index (Phi) is 5.20. The molecular formula is C19H21N5O. The van der Waals surface area contributed by atoms with Crippen molar-refractivity contribution in [1.82, 2.24) is 14.9 Å². The molecule has 3 rings (SSSR count). The summed E-state index contributed by atoms with van der Waals surface area (Å²) in [5, 5.41) is 7.14. The van der Waals surface area contributed by atoms with E-state index >= 15 is 0 Å². The summed E-state index contributed by atoms with van der Waals surface area (Å²) in [6.07, 6.45) is 3.39. The summed E-state index contributed by atoms with van der Waals surface area (Å²) in [7, 11) is 4.05. The molecule has 2 aromatic heterocycles. The minimum atomic E-state index is -0.252. The maximum Gasteiger partial charge on any atom is 0.274 e. The maximum absolute atomic E-state index is 12.4. The number of carbonyl (C=O) groups excluding carboxylic acids is 1. The number of rotatable bonds is 6. The van der Waals surface area contributed by atoms with Gasteiger partial charge in [-0.3, -0.25) is 9.78 Å². The lowest BCUT2D eigenvalue weighted by molar-refractivity contribution is 0.102. The first-order valence-electron chi connectivity index (χ1n) is 8.13. The molecule has 2 N–H and O–H groups in total. The third kappa shape index (κ3) is 4.30. The van der Waals surface area contributed by atoms with Crippen molar-refractivity contribution in [2.45, 2.75) is 0 Å². The summed E-state index contributed by atoms with van der Waals surface area (Å²) < 4.78 is 0. The number of likely N-dealkylation sites (N-methyl/N-ethyl adjacent to an activating group) is 1. The van der Waals surface area contributed by atoms with Crippen molar-refractivity contribution >= 4 is 28.2 Å². The second-order valence-electron chi connectivity index (χ2n) is 6.00. The van der Waals surface area contributed by atoms with Crippen LogP contribution >= 0.6 is 0 Å². The van der Waals surface area contributed by atoms with E-state index in [4.69, 9.17) is 0 Å². The van der Waals surface area contributed by atoms with Crippen molar-refractivity contribution in [3.63, 3.8) is 0 Å². The molecule has 0 radical (unpaired) electrons. The van der Waals surface area contributed by atoms with Gasteiger partial charge in [0, 0.05) is 24.7 Å². The Labute approximate surface area is 146 Å². The highest BCUT2D eigenvalue weighted by Gasteiger charge is 2.10. The SMILES string of the molecule is CN(C)CCNc1ccc(C(=O)Nc2cccc3cccnc23)nc1. The van der Waals surface area contributed by atoms with Crippen molar-refractivity contribution in [2.24, 2.45) is 0 Å². The van der Waals surface area contributed by atoms with Gasteiger partial charge in [-0.15, -0.1) is 0 Å². The van der Waals surface area contributed by atoms with Crippen molar-refractivity contribution in [2.75, 3.05) is 37.8 Å². The van der Waals surface area contributed by atoms with Gasteiger partial charge in [-0.25, -0.2) is 4.98 Å². The Bertz CT molecular complexity index is 856. The molecule has 0 aliphatic heterocycles. The highest BCUT2D eigenvalue weighted by Crippen LogP contribution is 2.21. The highest BCUT2D eigenvalue weighted by molar-refractivity contribution is 6.07. The highest BCUT2D eigenvalue weighted by atomic mass is 16.1. The van der Waals surface area contributed by atoms with Gasteiger partial charge >= 0.3 is 0 Å². The molecule has 0 saturated carbocycles. The van der Waals surface area contributed by atoms with Crippen LogP contribution in [0.25, 0.3) is 10.9 Å². The summed E-state index contributed by atoms with van der Waals surface area (Å²) in [5.41, 5.74) is 2.70. The van der Waals surface area contributed by atoms with Crippen LogP contribution in [0.2, 0.25) is 0 Å². The molecule has 2 heterocycles. The summed E-state index contributed by atoms with van der Waals surface area (Å²) >= 11 is 0. The van der Waals surface area contributed by atoms with Crippen LogP contribution in [0.1, 0.15) is 10.5 Å². The molecule has 0 aliphatic carbocycles. The average Bonchev–Trinajstić information content (AvgIpc) is 2.62. The minimum Gasteiger partial charge on any atom is -0.383 e. The number of nitrogens with one attached hydrogen (secondary N) is 2. The van der Waals surface area contributed by atoms with E-state index in [1.54, 1.807) is 18.5 Å². The lowest BCUT2D eigenvalue weighted by atomic mass is 10.2. The molecular weight excluding hydrogens is 314 g/mol. The van der Waals surface area contributed by atoms with Crippen molar-refractivity contribution < 1.29 is 4.79 Å². The van der Waals surface area contributed by atoms with E-state index in [0.29, 0.717) is 11.4 Å². The van der Waals surface area contributed by atoms with Crippen LogP contribution in [0.4, 0.5) is 11.4 Å². The van der Waals surface area contributed by atoms with Gasteiger partial charge < -0.3 is 15.5 Å². The van der Waals surface area contributed by atoms with Gasteiger partial charge in [-0.05, 0) is 38.4 Å². The number of para-hydroxylation sites is 1. The van der Waals surface area contributed by atoms with Gasteiger partial charge in [0.05, 0.1) is 23.1 Å². The summed E-state index contributed by atoms with van der Waals surface area (Å²) in [6, 6.07) is 13.1. The molecule has 1 aromatic carbocycles. The molecule has 0 aliphatic rings. The standard InChI is InChI=1S/C19H21N5O/c1-24(2)12-11-20-15-8-9-17(22-13-15)19(25)23-16-7-3-5-14-6-4-10-21-18(14)16/h3-10,13,20H,11-12H2,1-2H3,(H,23,25). The lowest BCUT2D eigenvalue weighted by Gasteiger charge is -2.11. The number of fused-ring (bicyclic) bond motifs is 1. The van der Waals surface area contributed by atoms with E-state index in [-0.39, 0.29) is 5.91 Å². The van der Waals surface area contributed by atoms with Crippen LogP contribution in [0.15, 0.2) is 54.9 Å². The Morgan fingerprint density at radius 1 is 1.08 bits per heavy atom. The second-order valence-corrected chi connectivity index (χ2v) is 6.00. The van der Waals surface area contributed by atoms with Crippen LogP contribution in [-0.2, 0) is 0 Å². The van der Waals surface area contributed by atoms with E-state index in [1.165, 1.54) is 0 Å². The largest absolute Gasteiger partial charge is 0.383 e. The number of carbonyl (C=O) groups is 1. The Morgan fingerprint density at radius 3 is 2.68 bits per heavy atom. The summed E-state index contributed by atoms with van der Waals surface area (Å²) in [5.74, 6) is -0.252. The van der Waals surface area contributed by atoms with Crippen LogP contribution in [0, 0.1) is 0 Å². The number of anilines is 2. The van der Waals surface area contributed by atoms with E-state index in [0.717, 1.165) is 29.7 Å². The summed E-state index contributed by atoms with van der Waals surface area (Å²) in [4.78, 5) is 23.1. The van der Waals surface area contributed by atoms with Crippen molar-refractivity contribution in [1.29, 1.82) is 0 Å². The van der Waals surface area contributed by atoms with Crippen LogP contribution in [0.3, 0.4) is 0 Å². The van der Waals surface area contributed by atoms with Crippen molar-refractivity contribution in [3.8, 4) is 0 Å². The molecule has 0 spiro atoms. The van der Waals surface area contributed by atoms with Crippen LogP contribution in [0.5, 0.6) is 0 Å². The Balaban J connectivity index is 1.68. The fourth-order valence-electron chi connectivity index (χ4n) is 2.45. The molecule has 0 saturated heterocycles. The molecule has 6 nitrogen and oxygen atoms in total. The van der Waals surface area contributed by atoms with Gasteiger partial charge in [-0.2, -0.15) is 0 Å². The zero-order valence-electron chi connectivity index (χ0n) is 14.4. The number of hydrogen-bond donors (Lipinski definition) is 2. The van der Waals surface area contributed by atoms with Gasteiger partial charge in [0.2, 0.25) is 0 Å². The zero-order valence-corrected chi connectivity index (χ0v) is 14.4. The third-order valence-electron chi connectivity index (χ3n) is 3.77. The van der Waals surface area contributed by atoms with Gasteiger partial charge in [-0.1, -0.05) is 18.2 Å². The molecule has 6 heteroatoms. The van der Waals surface area contributed by atoms with Gasteiger partial charge in [0.25, 0.3) is 5.91 Å². The molecule has 25 heavy (non-hydrogen) atoms. The number of nitrogens with zero attached hydrogens (tertiary/aromatic N) is 3. The van der Waals surface area contributed by atoms with E-state index in [2.05, 4.69) is 25.5 Å². The van der Waals surface area contributed by atoms with Crippen LogP contribution in [-0.4, -0.2) is 48.0 Å². The van der Waals surface area contributed by atoms with Gasteiger partial charge in [0.1, 0.15) is 5.69 Å². The molecule has 0 atom stereocenters. The maximum atomic E-state index is 12.4. The Morgan fingerprint density at radius 2 is 1.92 bits per heavy atom. The normalized spacial score (nSPS) is 10.8. The summed E-state index contributed by atoms with van der Waals surface area (Å²) in [6.45, 7) is 1.75. The molecule has 0 fully saturated rings. The lowest BCUT2D eigenvalue weighted by Crippen LogP contribution is -2.21. The minimum absolute atomic E-state index is 0.252. The molecule has 0 bridgehead atoms. The number of hydrogen-bond acceptors (Lipinski definition) is 5. The average molecular weight is 335 g/mol. The Hall–Kier alpha value is -2.99. The smallest absolute Gasteiger partial charge is 0.274 e. The number of aromatic nitrogens is 2. The topological polar surface area (TPSA) is 70.2 Å². The number of pyridine rings is 2. The predicted molar refractivity (Wildman–Crippen MR) is 101 cm³/mol. The fourth-order valence-corrected chi connectivity index (χ4v) is 2.45. The first kappa shape index (κ1) is 16.9. The first-order valence-corrected chi connectivity index (χ1v) is 8.13. The monoisotopic (exact) mass is 335 g/mol. The number of amides is 1. The number of benzene rings is 1. The van der Waals surface area contributed by atoms with Crippen LogP contribution < -0.4 is 10.6 Å². The van der Waals surface area contributed by atoms with E-state index < -0.39 is 0 Å². The second kappa shape index (κ2) is 7.72. The molecule has 0 unspecified atom stereocenters. The molecule has 3 aromatic rings. The fraction of sp³-hybridized carbons (Fsp3) is 0.211. The quantitative estimate of drug-likeness (QED) is 0.725. The first-order chi connectivity index (χ1) is 12.1. The van der Waals surface area contributed by atoms with Crippen molar-refractivity contribution in [3.05, 3.63) is 60.6 Å². The zero-order chi connectivity index (χ0) is 17.6. The van der Waals surface area contributed by atoms with E-state index in [9.17, 15) is 4.79 Å². The van der Waals surface area contributed by atoms with E-state index in [1.807, 2.05) is 50.5 Å². The van der Waals surface area contributed by atoms with Gasteiger partial charge in [0.15, 0.2) is 0 Å². The molecule has 128 valence electrons.